The Bertz CT molecular complexity index is 349. The van der Waals surface area contributed by atoms with Crippen LogP contribution in [0.15, 0.2) is 18.2 Å². The van der Waals surface area contributed by atoms with Crippen LogP contribution in [0.1, 0.15) is 63.9 Å². The van der Waals surface area contributed by atoms with Crippen molar-refractivity contribution in [3.63, 3.8) is 0 Å². The maximum atomic E-state index is 9.60. The van der Waals surface area contributed by atoms with Crippen LogP contribution in [0.5, 0.6) is 5.75 Å². The summed E-state index contributed by atoms with van der Waals surface area (Å²) in [7, 11) is 0. The molecule has 0 spiro atoms. The highest BCUT2D eigenvalue weighted by Crippen LogP contribution is 2.20. The van der Waals surface area contributed by atoms with Crippen LogP contribution >= 0.6 is 0 Å². The lowest BCUT2D eigenvalue weighted by Crippen LogP contribution is -2.01. The number of phenolic OH excluding ortho intramolecular Hbond substituents is 1. The van der Waals surface area contributed by atoms with Gasteiger partial charge in [-0.3, -0.25) is 0 Å². The number of benzene rings is 1. The molecule has 0 aliphatic rings. The van der Waals surface area contributed by atoms with Crippen LogP contribution < -0.4 is 5.32 Å². The number of nitrogens with one attached hydrogen (secondary N) is 1. The Labute approximate surface area is 118 Å². The van der Waals surface area contributed by atoms with Gasteiger partial charge in [0.2, 0.25) is 0 Å². The minimum absolute atomic E-state index is 0.376. The van der Waals surface area contributed by atoms with Crippen LogP contribution in [-0.4, -0.2) is 11.7 Å². The first-order valence-electron chi connectivity index (χ1n) is 7.77. The van der Waals surface area contributed by atoms with Crippen molar-refractivity contribution >= 4 is 5.69 Å². The van der Waals surface area contributed by atoms with Gasteiger partial charge in [0.15, 0.2) is 0 Å². The maximum Gasteiger partial charge on any atom is 0.120 e. The molecule has 0 aliphatic heterocycles. The third-order valence-electron chi connectivity index (χ3n) is 3.57. The van der Waals surface area contributed by atoms with Crippen molar-refractivity contribution in [2.45, 2.75) is 65.2 Å². The highest BCUT2D eigenvalue weighted by molar-refractivity contribution is 5.50. The SMILES string of the molecule is CCCCCCCCCCNc1ccc(C)c(O)c1. The number of aromatic hydroxyl groups is 1. The minimum atomic E-state index is 0.376. The molecule has 0 bridgehead atoms. The fourth-order valence-corrected chi connectivity index (χ4v) is 2.21. The van der Waals surface area contributed by atoms with E-state index in [0.717, 1.165) is 17.8 Å². The smallest absolute Gasteiger partial charge is 0.120 e. The Hall–Kier alpha value is -1.18. The molecular weight excluding hydrogens is 234 g/mol. The zero-order valence-electron chi connectivity index (χ0n) is 12.5. The summed E-state index contributed by atoms with van der Waals surface area (Å²) >= 11 is 0. The summed E-state index contributed by atoms with van der Waals surface area (Å²) < 4.78 is 0. The first-order valence-corrected chi connectivity index (χ1v) is 7.77. The second kappa shape index (κ2) is 9.71. The first kappa shape index (κ1) is 15.9. The first-order chi connectivity index (χ1) is 9.24. The van der Waals surface area contributed by atoms with E-state index in [2.05, 4.69) is 12.2 Å². The van der Waals surface area contributed by atoms with E-state index in [4.69, 9.17) is 0 Å². The van der Waals surface area contributed by atoms with E-state index in [1.54, 1.807) is 6.07 Å². The topological polar surface area (TPSA) is 32.3 Å². The predicted octanol–water partition coefficient (Wildman–Crippen LogP) is 5.25. The molecule has 108 valence electrons. The van der Waals surface area contributed by atoms with Gasteiger partial charge in [0.25, 0.3) is 0 Å². The van der Waals surface area contributed by atoms with Crippen LogP contribution in [0.25, 0.3) is 0 Å². The number of anilines is 1. The molecule has 0 atom stereocenters. The Balaban J connectivity index is 2.00. The molecule has 0 aliphatic carbocycles. The summed E-state index contributed by atoms with van der Waals surface area (Å²) in [6, 6.07) is 5.78. The van der Waals surface area contributed by atoms with E-state index in [0.29, 0.717) is 5.75 Å². The Morgan fingerprint density at radius 1 is 0.947 bits per heavy atom. The Morgan fingerprint density at radius 3 is 2.21 bits per heavy atom. The van der Waals surface area contributed by atoms with Crippen molar-refractivity contribution in [2.24, 2.45) is 0 Å². The van der Waals surface area contributed by atoms with Crippen LogP contribution in [0.2, 0.25) is 0 Å². The van der Waals surface area contributed by atoms with Gasteiger partial charge in [-0.25, -0.2) is 0 Å². The molecule has 2 N–H and O–H groups in total. The van der Waals surface area contributed by atoms with E-state index >= 15 is 0 Å². The summed E-state index contributed by atoms with van der Waals surface area (Å²) in [6.45, 7) is 5.17. The second-order valence-electron chi connectivity index (χ2n) is 5.40. The molecule has 0 heterocycles. The molecule has 0 fully saturated rings. The number of phenols is 1. The van der Waals surface area contributed by atoms with Crippen molar-refractivity contribution in [1.82, 2.24) is 0 Å². The van der Waals surface area contributed by atoms with Gasteiger partial charge in [-0.2, -0.15) is 0 Å². The van der Waals surface area contributed by atoms with Crippen molar-refractivity contribution in [2.75, 3.05) is 11.9 Å². The van der Waals surface area contributed by atoms with E-state index in [9.17, 15) is 5.11 Å². The molecule has 0 saturated carbocycles. The molecule has 1 aromatic rings. The number of unbranched alkanes of at least 4 members (excludes halogenated alkanes) is 7. The summed E-state index contributed by atoms with van der Waals surface area (Å²) in [4.78, 5) is 0. The van der Waals surface area contributed by atoms with Crippen molar-refractivity contribution in [3.8, 4) is 5.75 Å². The molecule has 0 aromatic heterocycles. The van der Waals surface area contributed by atoms with E-state index in [1.165, 1.54) is 51.4 Å². The lowest BCUT2D eigenvalue weighted by molar-refractivity contribution is 0.471. The number of aryl methyl sites for hydroxylation is 1. The third-order valence-corrected chi connectivity index (χ3v) is 3.57. The van der Waals surface area contributed by atoms with E-state index in [-0.39, 0.29) is 0 Å². The molecule has 2 heteroatoms. The van der Waals surface area contributed by atoms with Crippen LogP contribution in [0.3, 0.4) is 0 Å². The fraction of sp³-hybridized carbons (Fsp3) is 0.647. The van der Waals surface area contributed by atoms with E-state index < -0.39 is 0 Å². The largest absolute Gasteiger partial charge is 0.508 e. The Morgan fingerprint density at radius 2 is 1.58 bits per heavy atom. The molecule has 19 heavy (non-hydrogen) atoms. The number of hydrogen-bond donors (Lipinski definition) is 2. The average Bonchev–Trinajstić information content (AvgIpc) is 2.41. The Kier molecular flexibility index (Phi) is 8.11. The summed E-state index contributed by atoms with van der Waals surface area (Å²) in [6.07, 6.45) is 10.8. The van der Waals surface area contributed by atoms with Crippen LogP contribution in [0, 0.1) is 6.92 Å². The monoisotopic (exact) mass is 263 g/mol. The lowest BCUT2D eigenvalue weighted by atomic mass is 10.1. The maximum absolute atomic E-state index is 9.60. The highest BCUT2D eigenvalue weighted by Gasteiger charge is 1.97. The zero-order chi connectivity index (χ0) is 13.9. The van der Waals surface area contributed by atoms with Gasteiger partial charge in [-0.05, 0) is 25.0 Å². The number of rotatable bonds is 10. The summed E-state index contributed by atoms with van der Waals surface area (Å²) in [5.41, 5.74) is 1.95. The predicted molar refractivity (Wildman–Crippen MR) is 83.9 cm³/mol. The fourth-order valence-electron chi connectivity index (χ4n) is 2.21. The second-order valence-corrected chi connectivity index (χ2v) is 5.40. The molecule has 0 amide bonds. The van der Waals surface area contributed by atoms with Gasteiger partial charge in [0, 0.05) is 18.3 Å². The zero-order valence-corrected chi connectivity index (χ0v) is 12.5. The van der Waals surface area contributed by atoms with Crippen molar-refractivity contribution in [3.05, 3.63) is 23.8 Å². The standard InChI is InChI=1S/C17H29NO/c1-3-4-5-6-7-8-9-10-13-18-16-12-11-15(2)17(19)14-16/h11-12,14,18-19H,3-10,13H2,1-2H3. The molecule has 0 unspecified atom stereocenters. The number of hydrogen-bond acceptors (Lipinski definition) is 2. The summed E-state index contributed by atoms with van der Waals surface area (Å²) in [5, 5.41) is 13.0. The van der Waals surface area contributed by atoms with Crippen molar-refractivity contribution in [1.29, 1.82) is 0 Å². The molecule has 0 radical (unpaired) electrons. The van der Waals surface area contributed by atoms with Gasteiger partial charge in [0.1, 0.15) is 5.75 Å². The van der Waals surface area contributed by atoms with Gasteiger partial charge in [-0.15, -0.1) is 0 Å². The van der Waals surface area contributed by atoms with E-state index in [1.807, 2.05) is 19.1 Å². The molecular formula is C17H29NO. The molecule has 1 rings (SSSR count). The third kappa shape index (κ3) is 7.09. The van der Waals surface area contributed by atoms with Crippen LogP contribution in [0.4, 0.5) is 5.69 Å². The van der Waals surface area contributed by atoms with Gasteiger partial charge >= 0.3 is 0 Å². The lowest BCUT2D eigenvalue weighted by Gasteiger charge is -2.08. The van der Waals surface area contributed by atoms with Crippen molar-refractivity contribution < 1.29 is 5.11 Å². The average molecular weight is 263 g/mol. The molecule has 0 saturated heterocycles. The highest BCUT2D eigenvalue weighted by atomic mass is 16.3. The summed E-state index contributed by atoms with van der Waals surface area (Å²) in [5.74, 6) is 0.376. The minimum Gasteiger partial charge on any atom is -0.508 e. The van der Waals surface area contributed by atoms with Gasteiger partial charge in [-0.1, -0.05) is 57.9 Å². The quantitative estimate of drug-likeness (QED) is 0.565. The normalized spacial score (nSPS) is 10.6. The van der Waals surface area contributed by atoms with Crippen LogP contribution in [-0.2, 0) is 0 Å². The molecule has 1 aromatic carbocycles. The van der Waals surface area contributed by atoms with Gasteiger partial charge in [0.05, 0.1) is 0 Å². The molecule has 2 nitrogen and oxygen atoms in total. The van der Waals surface area contributed by atoms with Gasteiger partial charge < -0.3 is 10.4 Å².